The number of fused-ring (bicyclic) bond motifs is 1. The van der Waals surface area contributed by atoms with Gasteiger partial charge in [0.2, 0.25) is 11.8 Å². The van der Waals surface area contributed by atoms with Gasteiger partial charge >= 0.3 is 5.97 Å². The molecular formula is C22H30N4O5. The Morgan fingerprint density at radius 3 is 2.45 bits per heavy atom. The fourth-order valence-corrected chi connectivity index (χ4v) is 2.78. The lowest BCUT2D eigenvalue weighted by atomic mass is 10.1. The minimum Gasteiger partial charge on any atom is -0.461 e. The van der Waals surface area contributed by atoms with E-state index in [4.69, 9.17) is 10.1 Å². The zero-order valence-electron chi connectivity index (χ0n) is 18.1. The second-order valence-corrected chi connectivity index (χ2v) is 7.23. The van der Waals surface area contributed by atoms with E-state index in [0.717, 1.165) is 16.5 Å². The van der Waals surface area contributed by atoms with Crippen LogP contribution in [-0.2, 0) is 30.3 Å². The lowest BCUT2D eigenvalue weighted by Gasteiger charge is -2.18. The predicted molar refractivity (Wildman–Crippen MR) is 118 cm³/mol. The first kappa shape index (κ1) is 25.5. The number of carbonyl (C=O) groups is 4. The Morgan fingerprint density at radius 1 is 1.19 bits per heavy atom. The molecule has 168 valence electrons. The zero-order chi connectivity index (χ0) is 23.4. The van der Waals surface area contributed by atoms with Gasteiger partial charge in [0.05, 0.1) is 12.3 Å². The van der Waals surface area contributed by atoms with Gasteiger partial charge in [0.1, 0.15) is 6.04 Å². The molecule has 0 radical (unpaired) electrons. The molecule has 2 rings (SSSR count). The number of ether oxygens (including phenoxy) is 1. The molecule has 0 bridgehead atoms. The molecule has 1 heterocycles. The van der Waals surface area contributed by atoms with E-state index in [1.165, 1.54) is 6.92 Å². The Bertz CT molecular complexity index is 916. The van der Waals surface area contributed by atoms with Crippen LogP contribution in [0.15, 0.2) is 30.5 Å². The average molecular weight is 431 g/mol. The first-order valence-corrected chi connectivity index (χ1v) is 9.98. The minimum absolute atomic E-state index is 0.00406. The van der Waals surface area contributed by atoms with E-state index >= 15 is 0 Å². The summed E-state index contributed by atoms with van der Waals surface area (Å²) < 4.78 is 5.16. The quantitative estimate of drug-likeness (QED) is 0.335. The highest BCUT2D eigenvalue weighted by Gasteiger charge is 2.23. The van der Waals surface area contributed by atoms with Gasteiger partial charge in [0.15, 0.2) is 5.78 Å². The number of amides is 2. The molecule has 0 aliphatic carbocycles. The maximum atomic E-state index is 12.3. The number of H-pyrrole nitrogens is 1. The molecule has 0 fully saturated rings. The normalized spacial score (nSPS) is 11.2. The van der Waals surface area contributed by atoms with Crippen molar-refractivity contribution in [2.24, 2.45) is 5.73 Å². The second kappa shape index (κ2) is 12.9. The third kappa shape index (κ3) is 9.70. The van der Waals surface area contributed by atoms with E-state index in [1.54, 1.807) is 13.8 Å². The van der Waals surface area contributed by atoms with Crippen molar-refractivity contribution in [3.05, 3.63) is 36.0 Å². The summed E-state index contributed by atoms with van der Waals surface area (Å²) in [6.45, 7) is 4.74. The Kier molecular flexibility index (Phi) is 10.7. The fraction of sp³-hybridized carbons (Fsp3) is 0.409. The number of esters is 1. The highest BCUT2D eigenvalue weighted by Crippen LogP contribution is 2.19. The van der Waals surface area contributed by atoms with Gasteiger partial charge in [-0.15, -0.1) is 0 Å². The number of aromatic amines is 1. The summed E-state index contributed by atoms with van der Waals surface area (Å²) in [5.41, 5.74) is 6.51. The van der Waals surface area contributed by atoms with Crippen molar-refractivity contribution in [3.8, 4) is 0 Å². The topological polar surface area (TPSA) is 155 Å². The van der Waals surface area contributed by atoms with Crippen LogP contribution in [0.2, 0.25) is 0 Å². The molecule has 0 aliphatic heterocycles. The summed E-state index contributed by atoms with van der Waals surface area (Å²) >= 11 is 0. The number of aromatic nitrogens is 1. The lowest BCUT2D eigenvalue weighted by Crippen LogP contribution is -2.43. The number of hydrogen-bond donors (Lipinski definition) is 4. The number of benzene rings is 1. The van der Waals surface area contributed by atoms with Gasteiger partial charge in [-0.2, -0.15) is 0 Å². The second-order valence-electron chi connectivity index (χ2n) is 7.23. The highest BCUT2D eigenvalue weighted by molar-refractivity contribution is 6.26. The molecule has 2 amide bonds. The number of ketones is 1. The molecule has 1 atom stereocenters. The Hall–Kier alpha value is -3.49. The zero-order valence-corrected chi connectivity index (χ0v) is 18.1. The molecule has 2 aromatic rings. The fourth-order valence-electron chi connectivity index (χ4n) is 2.78. The number of hydrogen-bond acceptors (Lipinski definition) is 6. The van der Waals surface area contributed by atoms with Crippen molar-refractivity contribution in [2.75, 3.05) is 0 Å². The van der Waals surface area contributed by atoms with Gasteiger partial charge in [0.25, 0.3) is 0 Å². The first-order valence-electron chi connectivity index (χ1n) is 9.98. The summed E-state index contributed by atoms with van der Waals surface area (Å²) in [5, 5.41) is 10.7. The number of nitrogens with two attached hydrogens (primary N) is 1. The van der Waals surface area contributed by atoms with Crippen LogP contribution in [0.4, 0.5) is 0 Å². The van der Waals surface area contributed by atoms with Crippen LogP contribution in [0.1, 0.15) is 45.6 Å². The molecule has 0 saturated heterocycles. The number of para-hydroxylation sites is 1. The number of rotatable bonds is 10. The number of carbonyl (C=O) groups excluding carboxylic acids is 4. The van der Waals surface area contributed by atoms with E-state index in [0.29, 0.717) is 12.6 Å². The monoisotopic (exact) mass is 430 g/mol. The smallest absolute Gasteiger partial charge is 0.328 e. The van der Waals surface area contributed by atoms with E-state index in [1.807, 2.05) is 30.5 Å². The first-order chi connectivity index (χ1) is 14.6. The molecule has 5 N–H and O–H groups in total. The Labute approximate surface area is 181 Å². The highest BCUT2D eigenvalue weighted by atomic mass is 16.5. The molecule has 9 heteroatoms. The van der Waals surface area contributed by atoms with E-state index in [2.05, 4.69) is 16.0 Å². The van der Waals surface area contributed by atoms with Gasteiger partial charge in [-0.1, -0.05) is 18.2 Å². The largest absolute Gasteiger partial charge is 0.461 e. The van der Waals surface area contributed by atoms with Gasteiger partial charge in [-0.25, -0.2) is 4.79 Å². The van der Waals surface area contributed by atoms with Crippen LogP contribution in [-0.4, -0.2) is 46.9 Å². The van der Waals surface area contributed by atoms with Crippen molar-refractivity contribution in [3.63, 3.8) is 0 Å². The molecule has 1 aromatic carbocycles. The van der Waals surface area contributed by atoms with E-state index < -0.39 is 17.8 Å². The van der Waals surface area contributed by atoms with Crippen molar-refractivity contribution in [2.45, 2.75) is 58.6 Å². The number of nitrogens with one attached hydrogen (secondary N) is 3. The standard InChI is InChI=1S/C20H25N3O4.C2H5NO/c1-13(2)27-20(26)18(9-8-15(24)11-21)23-19(25)10-7-14-12-22-17-6-4-3-5-16(14)17;1-2(3)4/h3-6,11-13,18,21-22H,7-10H2,1-2H3,(H,23,25);1H3,(H2,3,4). The summed E-state index contributed by atoms with van der Waals surface area (Å²) in [6.07, 6.45) is 3.13. The maximum Gasteiger partial charge on any atom is 0.328 e. The number of aryl methyl sites for hydroxylation is 1. The molecule has 31 heavy (non-hydrogen) atoms. The predicted octanol–water partition coefficient (Wildman–Crippen LogP) is 2.03. The lowest BCUT2D eigenvalue weighted by molar-refractivity contribution is -0.151. The average Bonchev–Trinajstić information content (AvgIpc) is 3.11. The third-order valence-electron chi connectivity index (χ3n) is 4.11. The molecule has 1 unspecified atom stereocenters. The number of Topliss-reactive ketones (excluding diaryl/α,β-unsaturated/α-hetero) is 1. The molecule has 0 aliphatic rings. The molecular weight excluding hydrogens is 400 g/mol. The van der Waals surface area contributed by atoms with Gasteiger partial charge in [0, 0.05) is 36.9 Å². The Balaban J connectivity index is 0.00000110. The van der Waals surface area contributed by atoms with Crippen LogP contribution < -0.4 is 11.1 Å². The third-order valence-corrected chi connectivity index (χ3v) is 4.11. The van der Waals surface area contributed by atoms with Gasteiger partial charge in [-0.05, 0) is 38.3 Å². The summed E-state index contributed by atoms with van der Waals surface area (Å²) in [6, 6.07) is 6.95. The van der Waals surface area contributed by atoms with Crippen LogP contribution in [0.25, 0.3) is 10.9 Å². The van der Waals surface area contributed by atoms with Crippen molar-refractivity contribution < 1.29 is 23.9 Å². The summed E-state index contributed by atoms with van der Waals surface area (Å²) in [5.74, 6) is -1.58. The molecule has 0 saturated carbocycles. The van der Waals surface area contributed by atoms with Crippen LogP contribution in [0, 0.1) is 5.41 Å². The van der Waals surface area contributed by atoms with Gasteiger partial charge in [-0.3, -0.25) is 14.4 Å². The minimum atomic E-state index is -0.897. The molecule has 1 aromatic heterocycles. The van der Waals surface area contributed by atoms with Crippen molar-refractivity contribution in [1.29, 1.82) is 5.41 Å². The van der Waals surface area contributed by atoms with Crippen LogP contribution in [0.3, 0.4) is 0 Å². The van der Waals surface area contributed by atoms with Crippen LogP contribution in [0.5, 0.6) is 0 Å². The van der Waals surface area contributed by atoms with E-state index in [-0.39, 0.29) is 37.2 Å². The van der Waals surface area contributed by atoms with Gasteiger partial charge < -0.3 is 26.2 Å². The molecule has 0 spiro atoms. The van der Waals surface area contributed by atoms with Crippen LogP contribution >= 0.6 is 0 Å². The Morgan fingerprint density at radius 2 is 1.84 bits per heavy atom. The van der Waals surface area contributed by atoms with E-state index in [9.17, 15) is 19.2 Å². The summed E-state index contributed by atoms with van der Waals surface area (Å²) in [4.78, 5) is 48.2. The molecule has 9 nitrogen and oxygen atoms in total. The summed E-state index contributed by atoms with van der Waals surface area (Å²) in [7, 11) is 0. The van der Waals surface area contributed by atoms with Crippen molar-refractivity contribution >= 4 is 40.7 Å². The number of primary amides is 1. The SMILES string of the molecule is CC(C)OC(=O)C(CCC(=O)C=N)NC(=O)CCc1c[nH]c2ccccc12.CC(N)=O. The van der Waals surface area contributed by atoms with Crippen molar-refractivity contribution in [1.82, 2.24) is 10.3 Å². The maximum absolute atomic E-state index is 12.3.